The summed E-state index contributed by atoms with van der Waals surface area (Å²) in [6.07, 6.45) is 0.811. The molecule has 1 aliphatic rings. The van der Waals surface area contributed by atoms with Crippen LogP contribution in [0, 0.1) is 5.41 Å². The van der Waals surface area contributed by atoms with Crippen molar-refractivity contribution in [2.24, 2.45) is 0 Å². The Kier molecular flexibility index (Phi) is 5.51. The van der Waals surface area contributed by atoms with Crippen molar-refractivity contribution in [3.05, 3.63) is 113 Å². The van der Waals surface area contributed by atoms with Crippen molar-refractivity contribution in [1.29, 1.82) is 5.41 Å². The molecule has 4 aromatic rings. The van der Waals surface area contributed by atoms with Gasteiger partial charge in [0.25, 0.3) is 0 Å². The Hall–Kier alpha value is -3.43. The van der Waals surface area contributed by atoms with Gasteiger partial charge in [0.05, 0.1) is 18.9 Å². The summed E-state index contributed by atoms with van der Waals surface area (Å²) in [6.45, 7) is 3.40. The van der Waals surface area contributed by atoms with Crippen LogP contribution in [0.4, 0.5) is 5.69 Å². The van der Waals surface area contributed by atoms with Gasteiger partial charge in [-0.1, -0.05) is 78.9 Å². The maximum absolute atomic E-state index is 8.92. The lowest BCUT2D eigenvalue weighted by molar-refractivity contribution is 0.122. The number of nitrogens with one attached hydrogen (secondary N) is 1. The summed E-state index contributed by atoms with van der Waals surface area (Å²) in [6, 6.07) is 31.7. The van der Waals surface area contributed by atoms with Gasteiger partial charge in [0, 0.05) is 29.9 Å². The van der Waals surface area contributed by atoms with E-state index in [1.807, 2.05) is 6.07 Å². The van der Waals surface area contributed by atoms with Crippen molar-refractivity contribution in [2.75, 3.05) is 31.2 Å². The highest BCUT2D eigenvalue weighted by Gasteiger charge is 2.14. The SMILES string of the molecule is N=C(c1ccc(N2CCOCC2)cc1)c1ccccc1Cc1cccc2ccccc12. The van der Waals surface area contributed by atoms with Crippen LogP contribution >= 0.6 is 0 Å². The quantitative estimate of drug-likeness (QED) is 0.433. The Morgan fingerprint density at radius 2 is 1.42 bits per heavy atom. The van der Waals surface area contributed by atoms with Gasteiger partial charge >= 0.3 is 0 Å². The van der Waals surface area contributed by atoms with E-state index < -0.39 is 0 Å². The molecule has 1 heterocycles. The van der Waals surface area contributed by atoms with E-state index in [2.05, 4.69) is 89.8 Å². The molecule has 0 bridgehead atoms. The number of hydrogen-bond donors (Lipinski definition) is 1. The maximum atomic E-state index is 8.92. The Bertz CT molecular complexity index is 1200. The predicted octanol–water partition coefficient (Wildman–Crippen LogP) is 5.68. The highest BCUT2D eigenvalue weighted by molar-refractivity contribution is 6.12. The van der Waals surface area contributed by atoms with Crippen LogP contribution in [-0.2, 0) is 11.2 Å². The molecule has 0 saturated carbocycles. The van der Waals surface area contributed by atoms with E-state index >= 15 is 0 Å². The van der Waals surface area contributed by atoms with Crippen molar-refractivity contribution in [2.45, 2.75) is 6.42 Å². The molecule has 1 saturated heterocycles. The average molecular weight is 407 g/mol. The van der Waals surface area contributed by atoms with Gasteiger partial charge in [-0.3, -0.25) is 5.41 Å². The summed E-state index contributed by atoms with van der Waals surface area (Å²) >= 11 is 0. The average Bonchev–Trinajstić information content (AvgIpc) is 2.85. The molecule has 1 N–H and O–H groups in total. The van der Waals surface area contributed by atoms with Gasteiger partial charge in [0.2, 0.25) is 0 Å². The zero-order valence-corrected chi connectivity index (χ0v) is 17.6. The van der Waals surface area contributed by atoms with Gasteiger partial charge in [-0.15, -0.1) is 0 Å². The second kappa shape index (κ2) is 8.75. The molecule has 3 nitrogen and oxygen atoms in total. The zero-order valence-electron chi connectivity index (χ0n) is 17.6. The molecule has 4 aromatic carbocycles. The fourth-order valence-corrected chi connectivity index (χ4v) is 4.39. The molecule has 0 aliphatic carbocycles. The van der Waals surface area contributed by atoms with E-state index in [9.17, 15) is 0 Å². The van der Waals surface area contributed by atoms with Crippen LogP contribution < -0.4 is 4.90 Å². The third-order valence-electron chi connectivity index (χ3n) is 6.08. The minimum atomic E-state index is 0.573. The zero-order chi connectivity index (χ0) is 21.0. The van der Waals surface area contributed by atoms with Crippen LogP contribution in [0.2, 0.25) is 0 Å². The second-order valence-corrected chi connectivity index (χ2v) is 7.99. The van der Waals surface area contributed by atoms with Gasteiger partial charge < -0.3 is 9.64 Å². The molecule has 0 atom stereocenters. The molecule has 0 unspecified atom stereocenters. The van der Waals surface area contributed by atoms with Crippen molar-refractivity contribution < 1.29 is 4.74 Å². The first-order chi connectivity index (χ1) is 15.3. The van der Waals surface area contributed by atoms with Crippen molar-refractivity contribution in [3.8, 4) is 0 Å². The third kappa shape index (κ3) is 4.10. The molecular formula is C28H26N2O. The summed E-state index contributed by atoms with van der Waals surface area (Å²) in [5.41, 5.74) is 6.19. The normalized spacial score (nSPS) is 14.0. The summed E-state index contributed by atoms with van der Waals surface area (Å²) in [7, 11) is 0. The summed E-state index contributed by atoms with van der Waals surface area (Å²) in [4.78, 5) is 2.34. The number of benzene rings is 4. The summed E-state index contributed by atoms with van der Waals surface area (Å²) in [5.74, 6) is 0. The molecule has 5 rings (SSSR count). The minimum absolute atomic E-state index is 0.573. The van der Waals surface area contributed by atoms with Crippen molar-refractivity contribution >= 4 is 22.2 Å². The van der Waals surface area contributed by atoms with Gasteiger partial charge in [0.1, 0.15) is 0 Å². The first-order valence-corrected chi connectivity index (χ1v) is 10.9. The van der Waals surface area contributed by atoms with Gasteiger partial charge in [0.15, 0.2) is 0 Å². The smallest absolute Gasteiger partial charge is 0.0687 e. The Balaban J connectivity index is 1.43. The van der Waals surface area contributed by atoms with E-state index in [4.69, 9.17) is 10.1 Å². The fourth-order valence-electron chi connectivity index (χ4n) is 4.39. The van der Waals surface area contributed by atoms with E-state index in [1.54, 1.807) is 0 Å². The van der Waals surface area contributed by atoms with E-state index in [1.165, 1.54) is 27.6 Å². The molecule has 1 aliphatic heterocycles. The molecule has 31 heavy (non-hydrogen) atoms. The number of morpholine rings is 1. The van der Waals surface area contributed by atoms with Crippen molar-refractivity contribution in [1.82, 2.24) is 0 Å². The monoisotopic (exact) mass is 406 g/mol. The first-order valence-electron chi connectivity index (χ1n) is 10.9. The van der Waals surface area contributed by atoms with Crippen LogP contribution in [0.15, 0.2) is 91.0 Å². The lowest BCUT2D eigenvalue weighted by Gasteiger charge is -2.29. The van der Waals surface area contributed by atoms with Crippen LogP contribution in [0.1, 0.15) is 22.3 Å². The van der Waals surface area contributed by atoms with Crippen molar-refractivity contribution in [3.63, 3.8) is 0 Å². The number of anilines is 1. The first kappa shape index (κ1) is 19.5. The van der Waals surface area contributed by atoms with Crippen LogP contribution in [0.3, 0.4) is 0 Å². The molecule has 0 aromatic heterocycles. The van der Waals surface area contributed by atoms with E-state index in [-0.39, 0.29) is 0 Å². The summed E-state index contributed by atoms with van der Waals surface area (Å²) < 4.78 is 5.45. The molecule has 0 spiro atoms. The van der Waals surface area contributed by atoms with Crippen LogP contribution in [0.25, 0.3) is 10.8 Å². The summed E-state index contributed by atoms with van der Waals surface area (Å²) in [5, 5.41) is 11.5. The molecule has 1 fully saturated rings. The second-order valence-electron chi connectivity index (χ2n) is 7.99. The third-order valence-corrected chi connectivity index (χ3v) is 6.08. The van der Waals surface area contributed by atoms with E-state index in [0.717, 1.165) is 43.9 Å². The molecular weight excluding hydrogens is 380 g/mol. The Morgan fingerprint density at radius 1 is 0.742 bits per heavy atom. The highest BCUT2D eigenvalue weighted by atomic mass is 16.5. The Morgan fingerprint density at radius 3 is 2.26 bits per heavy atom. The molecule has 3 heteroatoms. The number of fused-ring (bicyclic) bond motifs is 1. The van der Waals surface area contributed by atoms with Crippen LogP contribution in [-0.4, -0.2) is 32.0 Å². The maximum Gasteiger partial charge on any atom is 0.0687 e. The largest absolute Gasteiger partial charge is 0.378 e. The molecule has 0 amide bonds. The lowest BCUT2D eigenvalue weighted by Crippen LogP contribution is -2.36. The lowest BCUT2D eigenvalue weighted by atomic mass is 9.92. The number of ether oxygens (including phenoxy) is 1. The number of nitrogens with zero attached hydrogens (tertiary/aromatic N) is 1. The number of hydrogen-bond acceptors (Lipinski definition) is 3. The highest BCUT2D eigenvalue weighted by Crippen LogP contribution is 2.25. The molecule has 0 radical (unpaired) electrons. The van der Waals surface area contributed by atoms with Crippen LogP contribution in [0.5, 0.6) is 0 Å². The minimum Gasteiger partial charge on any atom is -0.378 e. The topological polar surface area (TPSA) is 36.3 Å². The van der Waals surface area contributed by atoms with Gasteiger partial charge in [-0.25, -0.2) is 0 Å². The predicted molar refractivity (Wildman–Crippen MR) is 129 cm³/mol. The standard InChI is InChI=1S/C28H26N2O/c29-28(22-12-14-25(15-13-22)30-16-18-31-19-17-30)27-11-4-2-7-24(27)20-23-9-5-8-21-6-1-3-10-26(21)23/h1-15,29H,16-20H2. The van der Waals surface area contributed by atoms with E-state index in [0.29, 0.717) is 5.71 Å². The number of rotatable bonds is 5. The van der Waals surface area contributed by atoms with Gasteiger partial charge in [-0.05, 0) is 40.5 Å². The molecule has 154 valence electrons. The fraction of sp³-hybridized carbons (Fsp3) is 0.179. The Labute approximate surface area is 183 Å². The van der Waals surface area contributed by atoms with Gasteiger partial charge in [-0.2, -0.15) is 0 Å².